The zero-order chi connectivity index (χ0) is 10.7. The molecule has 0 aliphatic carbocycles. The molecule has 2 nitrogen and oxygen atoms in total. The molecule has 1 aromatic carbocycles. The summed E-state index contributed by atoms with van der Waals surface area (Å²) in [5, 5.41) is 1.13. The van der Waals surface area contributed by atoms with Gasteiger partial charge in [0.05, 0.1) is 10.2 Å². The normalized spacial score (nSPS) is 10.5. The molecule has 0 unspecified atom stereocenters. The van der Waals surface area contributed by atoms with Crippen LogP contribution >= 0.6 is 22.6 Å². The van der Waals surface area contributed by atoms with Gasteiger partial charge in [0.25, 0.3) is 0 Å². The van der Waals surface area contributed by atoms with Crippen LogP contribution in [0.4, 0.5) is 0 Å². The van der Waals surface area contributed by atoms with Gasteiger partial charge >= 0.3 is 0 Å². The number of rotatable bonds is 3. The van der Waals surface area contributed by atoms with Gasteiger partial charge in [0.2, 0.25) is 0 Å². The van der Waals surface area contributed by atoms with Crippen molar-refractivity contribution in [2.45, 2.75) is 13.3 Å². The Balaban J connectivity index is 2.53. The topological polar surface area (TPSA) is 22.1 Å². The largest absolute Gasteiger partial charge is 0.490 e. The van der Waals surface area contributed by atoms with Crippen LogP contribution in [0.15, 0.2) is 30.5 Å². The Morgan fingerprint density at radius 2 is 2.20 bits per heavy atom. The first kappa shape index (κ1) is 10.7. The minimum Gasteiger partial charge on any atom is -0.490 e. The first-order valence-electron chi connectivity index (χ1n) is 4.99. The first-order chi connectivity index (χ1) is 7.33. The summed E-state index contributed by atoms with van der Waals surface area (Å²) in [7, 11) is 0. The second-order valence-corrected chi connectivity index (χ2v) is 4.46. The van der Waals surface area contributed by atoms with Crippen LogP contribution in [0.2, 0.25) is 0 Å². The third-order valence-electron chi connectivity index (χ3n) is 2.13. The molecule has 0 aliphatic heterocycles. The molecule has 15 heavy (non-hydrogen) atoms. The SMILES string of the molecule is CCCOc1c(I)ccc2cccnc12. The molecule has 0 fully saturated rings. The molecule has 0 saturated heterocycles. The average molecular weight is 313 g/mol. The summed E-state index contributed by atoms with van der Waals surface area (Å²) < 4.78 is 6.85. The lowest BCUT2D eigenvalue weighted by molar-refractivity contribution is 0.318. The van der Waals surface area contributed by atoms with Crippen LogP contribution in [0.25, 0.3) is 10.9 Å². The molecule has 0 atom stereocenters. The monoisotopic (exact) mass is 313 g/mol. The van der Waals surface area contributed by atoms with E-state index in [4.69, 9.17) is 4.74 Å². The van der Waals surface area contributed by atoms with Gasteiger partial charge in [-0.3, -0.25) is 4.98 Å². The summed E-state index contributed by atoms with van der Waals surface area (Å²) in [6.07, 6.45) is 2.82. The summed E-state index contributed by atoms with van der Waals surface area (Å²) in [5.41, 5.74) is 0.956. The Bertz CT molecular complexity index is 470. The summed E-state index contributed by atoms with van der Waals surface area (Å²) in [5.74, 6) is 0.913. The van der Waals surface area contributed by atoms with Gasteiger partial charge in [0.1, 0.15) is 5.52 Å². The Hall–Kier alpha value is -0.840. The number of aromatic nitrogens is 1. The molecule has 0 radical (unpaired) electrons. The minimum atomic E-state index is 0.742. The van der Waals surface area contributed by atoms with Crippen molar-refractivity contribution in [3.05, 3.63) is 34.0 Å². The van der Waals surface area contributed by atoms with Gasteiger partial charge in [-0.05, 0) is 41.1 Å². The van der Waals surface area contributed by atoms with E-state index in [9.17, 15) is 0 Å². The highest BCUT2D eigenvalue weighted by molar-refractivity contribution is 14.1. The van der Waals surface area contributed by atoms with Gasteiger partial charge in [-0.2, -0.15) is 0 Å². The number of ether oxygens (including phenoxy) is 1. The van der Waals surface area contributed by atoms with Crippen LogP contribution in [0.5, 0.6) is 5.75 Å². The van der Waals surface area contributed by atoms with E-state index in [1.165, 1.54) is 0 Å². The van der Waals surface area contributed by atoms with E-state index in [2.05, 4.69) is 52.7 Å². The van der Waals surface area contributed by atoms with Crippen molar-refractivity contribution in [2.75, 3.05) is 6.61 Å². The maximum Gasteiger partial charge on any atom is 0.158 e. The second-order valence-electron chi connectivity index (χ2n) is 3.30. The molecule has 0 aliphatic rings. The lowest BCUT2D eigenvalue weighted by Gasteiger charge is -2.09. The highest BCUT2D eigenvalue weighted by Crippen LogP contribution is 2.29. The zero-order valence-corrected chi connectivity index (χ0v) is 10.7. The van der Waals surface area contributed by atoms with E-state index in [0.29, 0.717) is 0 Å². The van der Waals surface area contributed by atoms with Crippen molar-refractivity contribution in [2.24, 2.45) is 0 Å². The Kier molecular flexibility index (Phi) is 3.41. The van der Waals surface area contributed by atoms with E-state index in [0.717, 1.165) is 33.3 Å². The Morgan fingerprint density at radius 1 is 1.33 bits per heavy atom. The average Bonchev–Trinajstić information content (AvgIpc) is 2.28. The fraction of sp³-hybridized carbons (Fsp3) is 0.250. The third kappa shape index (κ3) is 2.22. The van der Waals surface area contributed by atoms with Crippen LogP contribution in [-0.4, -0.2) is 11.6 Å². The van der Waals surface area contributed by atoms with Crippen molar-refractivity contribution in [3.63, 3.8) is 0 Å². The molecule has 0 saturated carbocycles. The van der Waals surface area contributed by atoms with Gasteiger partial charge in [0, 0.05) is 11.6 Å². The molecule has 0 bridgehead atoms. The van der Waals surface area contributed by atoms with Crippen molar-refractivity contribution < 1.29 is 4.74 Å². The number of nitrogens with zero attached hydrogens (tertiary/aromatic N) is 1. The molecule has 1 aromatic heterocycles. The van der Waals surface area contributed by atoms with Crippen molar-refractivity contribution in [3.8, 4) is 5.75 Å². The molecule has 2 aromatic rings. The van der Waals surface area contributed by atoms with E-state index in [1.54, 1.807) is 6.20 Å². The standard InChI is InChI=1S/C12H12INO/c1-2-8-15-12-10(13)6-5-9-4-3-7-14-11(9)12/h3-7H,2,8H2,1H3. The van der Waals surface area contributed by atoms with Crippen LogP contribution in [0, 0.1) is 3.57 Å². The number of hydrogen-bond donors (Lipinski definition) is 0. The zero-order valence-electron chi connectivity index (χ0n) is 8.53. The highest BCUT2D eigenvalue weighted by Gasteiger charge is 2.07. The van der Waals surface area contributed by atoms with Gasteiger partial charge in [-0.15, -0.1) is 0 Å². The third-order valence-corrected chi connectivity index (χ3v) is 2.98. The lowest BCUT2D eigenvalue weighted by atomic mass is 10.2. The molecule has 0 amide bonds. The van der Waals surface area contributed by atoms with Gasteiger partial charge in [-0.1, -0.05) is 19.1 Å². The molecular weight excluding hydrogens is 301 g/mol. The summed E-state index contributed by atoms with van der Waals surface area (Å²) >= 11 is 2.28. The smallest absolute Gasteiger partial charge is 0.158 e. The second kappa shape index (κ2) is 4.79. The van der Waals surface area contributed by atoms with Crippen LogP contribution in [0.1, 0.15) is 13.3 Å². The molecule has 2 rings (SSSR count). The van der Waals surface area contributed by atoms with Crippen molar-refractivity contribution >= 4 is 33.5 Å². The van der Waals surface area contributed by atoms with Crippen LogP contribution in [-0.2, 0) is 0 Å². The minimum absolute atomic E-state index is 0.742. The number of hydrogen-bond acceptors (Lipinski definition) is 2. The van der Waals surface area contributed by atoms with Crippen molar-refractivity contribution in [1.82, 2.24) is 4.98 Å². The summed E-state index contributed by atoms with van der Waals surface area (Å²) in [6.45, 7) is 2.84. The van der Waals surface area contributed by atoms with E-state index >= 15 is 0 Å². The summed E-state index contributed by atoms with van der Waals surface area (Å²) in [4.78, 5) is 4.37. The number of halogens is 1. The van der Waals surface area contributed by atoms with Gasteiger partial charge in [0.15, 0.2) is 5.75 Å². The van der Waals surface area contributed by atoms with Gasteiger partial charge < -0.3 is 4.74 Å². The van der Waals surface area contributed by atoms with E-state index in [-0.39, 0.29) is 0 Å². The molecular formula is C12H12INO. The number of pyridine rings is 1. The first-order valence-corrected chi connectivity index (χ1v) is 6.07. The number of fused-ring (bicyclic) bond motifs is 1. The molecule has 78 valence electrons. The predicted molar refractivity (Wildman–Crippen MR) is 70.2 cm³/mol. The maximum absolute atomic E-state index is 5.73. The van der Waals surface area contributed by atoms with Crippen LogP contribution < -0.4 is 4.74 Å². The quantitative estimate of drug-likeness (QED) is 0.807. The fourth-order valence-corrected chi connectivity index (χ4v) is 2.03. The summed E-state index contributed by atoms with van der Waals surface area (Å²) in [6, 6.07) is 8.13. The van der Waals surface area contributed by atoms with E-state index in [1.807, 2.05) is 6.07 Å². The van der Waals surface area contributed by atoms with Crippen molar-refractivity contribution in [1.29, 1.82) is 0 Å². The Labute approximate surface area is 103 Å². The van der Waals surface area contributed by atoms with Crippen LogP contribution in [0.3, 0.4) is 0 Å². The molecule has 0 N–H and O–H groups in total. The predicted octanol–water partition coefficient (Wildman–Crippen LogP) is 3.63. The molecule has 3 heteroatoms. The van der Waals surface area contributed by atoms with Gasteiger partial charge in [-0.25, -0.2) is 0 Å². The van der Waals surface area contributed by atoms with E-state index < -0.39 is 0 Å². The Morgan fingerprint density at radius 3 is 3.00 bits per heavy atom. The lowest BCUT2D eigenvalue weighted by Crippen LogP contribution is -1.98. The maximum atomic E-state index is 5.73. The fourth-order valence-electron chi connectivity index (χ4n) is 1.44. The highest BCUT2D eigenvalue weighted by atomic mass is 127. The number of benzene rings is 1. The molecule has 1 heterocycles. The molecule has 0 spiro atoms.